The van der Waals surface area contributed by atoms with E-state index in [1.54, 1.807) is 48.5 Å². The highest BCUT2D eigenvalue weighted by Gasteiger charge is 2.13. The molecular weight excluding hydrogens is 322 g/mol. The van der Waals surface area contributed by atoms with Crippen LogP contribution in [0.3, 0.4) is 0 Å². The van der Waals surface area contributed by atoms with Crippen LogP contribution in [0.25, 0.3) is 27.2 Å². The smallest absolute Gasteiger partial charge is 0.266 e. The summed E-state index contributed by atoms with van der Waals surface area (Å²) in [5.41, 5.74) is -0.361. The summed E-state index contributed by atoms with van der Waals surface area (Å²) in [7, 11) is 0. The number of fused-ring (bicyclic) bond motifs is 3. The van der Waals surface area contributed by atoms with Gasteiger partial charge in [-0.2, -0.15) is 0 Å². The van der Waals surface area contributed by atoms with Crippen molar-refractivity contribution in [3.05, 3.63) is 98.5 Å². The molecule has 0 spiro atoms. The summed E-state index contributed by atoms with van der Waals surface area (Å²) in [5.74, 6) is 0. The number of aromatic nitrogens is 1. The largest absolute Gasteiger partial charge is 0.268 e. The number of para-hydroxylation sites is 1. The van der Waals surface area contributed by atoms with Crippen molar-refractivity contribution in [1.82, 2.24) is 4.57 Å². The first-order chi connectivity index (χ1) is 11.7. The van der Waals surface area contributed by atoms with E-state index in [-0.39, 0.29) is 11.1 Å². The third-order valence-corrected chi connectivity index (χ3v) is 4.42. The summed E-state index contributed by atoms with van der Waals surface area (Å²) < 4.78 is 1.16. The molecular formula is C20H12ClNO2. The first-order valence-electron chi connectivity index (χ1n) is 7.50. The highest BCUT2D eigenvalue weighted by Crippen LogP contribution is 2.22. The third kappa shape index (κ3) is 2.14. The molecule has 0 amide bonds. The molecule has 0 unspecified atom stereocenters. The van der Waals surface area contributed by atoms with Crippen molar-refractivity contribution in [2.24, 2.45) is 0 Å². The van der Waals surface area contributed by atoms with E-state index in [0.29, 0.717) is 21.5 Å². The van der Waals surface area contributed by atoms with Gasteiger partial charge in [-0.15, -0.1) is 0 Å². The Bertz CT molecular complexity index is 1140. The van der Waals surface area contributed by atoms with Crippen molar-refractivity contribution in [2.45, 2.75) is 0 Å². The number of hydrogen-bond donors (Lipinski definition) is 0. The standard InChI is InChI=1S/C20H12ClNO2/c21-17-11-5-6-12-18(17)22-19(23)15-9-3-1-7-13(15)14-8-2-4-10-16(14)20(22)24/h1-12H. The molecule has 0 fully saturated rings. The van der Waals surface area contributed by atoms with Crippen molar-refractivity contribution >= 4 is 33.1 Å². The lowest BCUT2D eigenvalue weighted by atomic mass is 10.1. The zero-order valence-electron chi connectivity index (χ0n) is 12.6. The molecule has 1 aromatic heterocycles. The summed E-state index contributed by atoms with van der Waals surface area (Å²) in [5, 5.41) is 2.82. The molecule has 0 N–H and O–H groups in total. The van der Waals surface area contributed by atoms with Crippen LogP contribution >= 0.6 is 11.6 Å². The number of nitrogens with zero attached hydrogens (tertiary/aromatic N) is 1. The van der Waals surface area contributed by atoms with Gasteiger partial charge in [-0.1, -0.05) is 60.1 Å². The molecule has 0 saturated carbocycles. The zero-order chi connectivity index (χ0) is 16.7. The molecule has 4 aromatic rings. The average molecular weight is 334 g/mol. The van der Waals surface area contributed by atoms with Crippen molar-refractivity contribution < 1.29 is 0 Å². The van der Waals surface area contributed by atoms with Crippen molar-refractivity contribution in [2.75, 3.05) is 0 Å². The van der Waals surface area contributed by atoms with Crippen molar-refractivity contribution in [1.29, 1.82) is 0 Å². The number of hydrogen-bond acceptors (Lipinski definition) is 2. The average Bonchev–Trinajstić information content (AvgIpc) is 2.71. The summed E-state index contributed by atoms with van der Waals surface area (Å²) in [6, 6.07) is 21.3. The minimum Gasteiger partial charge on any atom is -0.268 e. The molecule has 24 heavy (non-hydrogen) atoms. The molecule has 3 nitrogen and oxygen atoms in total. The Morgan fingerprint density at radius 1 is 0.583 bits per heavy atom. The van der Waals surface area contributed by atoms with Gasteiger partial charge in [-0.3, -0.25) is 9.59 Å². The first-order valence-corrected chi connectivity index (χ1v) is 7.88. The van der Waals surface area contributed by atoms with Crippen LogP contribution in [0.1, 0.15) is 0 Å². The van der Waals surface area contributed by atoms with E-state index in [2.05, 4.69) is 0 Å². The van der Waals surface area contributed by atoms with E-state index in [1.165, 1.54) is 0 Å². The quantitative estimate of drug-likeness (QED) is 0.524. The minimum atomic E-state index is -0.375. The van der Waals surface area contributed by atoms with Crippen molar-refractivity contribution in [3.63, 3.8) is 0 Å². The third-order valence-electron chi connectivity index (χ3n) is 4.10. The lowest BCUT2D eigenvalue weighted by Gasteiger charge is -2.04. The van der Waals surface area contributed by atoms with E-state index in [0.717, 1.165) is 15.3 Å². The molecule has 1 heterocycles. The molecule has 0 aliphatic heterocycles. The molecule has 4 rings (SSSR count). The maximum atomic E-state index is 13.1. The highest BCUT2D eigenvalue weighted by molar-refractivity contribution is 6.32. The Hall–Kier alpha value is -2.91. The van der Waals surface area contributed by atoms with E-state index in [1.807, 2.05) is 24.3 Å². The van der Waals surface area contributed by atoms with Gasteiger partial charge < -0.3 is 0 Å². The summed E-state index contributed by atoms with van der Waals surface area (Å²) in [6.45, 7) is 0. The molecule has 0 radical (unpaired) electrons. The minimum absolute atomic E-state index is 0.357. The Morgan fingerprint density at radius 3 is 1.50 bits per heavy atom. The van der Waals surface area contributed by atoms with E-state index < -0.39 is 0 Å². The highest BCUT2D eigenvalue weighted by atomic mass is 35.5. The Balaban J connectivity index is 2.38. The van der Waals surface area contributed by atoms with Gasteiger partial charge >= 0.3 is 0 Å². The normalized spacial score (nSPS) is 11.0. The van der Waals surface area contributed by atoms with E-state index in [9.17, 15) is 9.59 Å². The molecule has 0 aliphatic carbocycles. The molecule has 4 heteroatoms. The Labute approximate surface area is 142 Å². The van der Waals surface area contributed by atoms with Gasteiger partial charge in [0, 0.05) is 10.8 Å². The molecule has 3 aromatic carbocycles. The van der Waals surface area contributed by atoms with Crippen LogP contribution in [0.2, 0.25) is 5.02 Å². The Morgan fingerprint density at radius 2 is 1.00 bits per heavy atom. The number of halogens is 1. The van der Waals surface area contributed by atoms with E-state index in [4.69, 9.17) is 11.6 Å². The maximum absolute atomic E-state index is 13.1. The van der Waals surface area contributed by atoms with Crippen molar-refractivity contribution in [3.8, 4) is 5.69 Å². The fourth-order valence-electron chi connectivity index (χ4n) is 2.99. The monoisotopic (exact) mass is 333 g/mol. The summed E-state index contributed by atoms with van der Waals surface area (Å²) in [4.78, 5) is 26.2. The topological polar surface area (TPSA) is 39.1 Å². The van der Waals surface area contributed by atoms with Crippen LogP contribution in [0.5, 0.6) is 0 Å². The van der Waals surface area contributed by atoms with Gasteiger partial charge in [-0.05, 0) is 35.0 Å². The molecule has 0 saturated heterocycles. The zero-order valence-corrected chi connectivity index (χ0v) is 13.3. The fraction of sp³-hybridized carbons (Fsp3) is 0. The lowest BCUT2D eigenvalue weighted by molar-refractivity contribution is 0.976. The van der Waals surface area contributed by atoms with Gasteiger partial charge in [-0.25, -0.2) is 4.57 Å². The van der Waals surface area contributed by atoms with Crippen LogP contribution in [0.4, 0.5) is 0 Å². The second kappa shape index (κ2) is 5.62. The molecule has 0 atom stereocenters. The number of benzene rings is 3. The van der Waals surface area contributed by atoms with Gasteiger partial charge in [0.05, 0.1) is 10.7 Å². The van der Waals surface area contributed by atoms with Gasteiger partial charge in [0.25, 0.3) is 11.1 Å². The SMILES string of the molecule is O=c1c2ccccc2c2ccccc2c(=O)n1-c1ccccc1Cl. The van der Waals surface area contributed by atoms with Gasteiger partial charge in [0.1, 0.15) is 0 Å². The summed E-state index contributed by atoms with van der Waals surface area (Å²) >= 11 is 6.25. The fourth-order valence-corrected chi connectivity index (χ4v) is 3.21. The first kappa shape index (κ1) is 14.7. The second-order valence-electron chi connectivity index (χ2n) is 5.49. The lowest BCUT2D eigenvalue weighted by Crippen LogP contribution is -2.28. The van der Waals surface area contributed by atoms with Crippen LogP contribution in [0.15, 0.2) is 82.4 Å². The van der Waals surface area contributed by atoms with Crippen LogP contribution in [-0.4, -0.2) is 4.57 Å². The maximum Gasteiger partial charge on any atom is 0.266 e. The Kier molecular flexibility index (Phi) is 3.44. The predicted molar refractivity (Wildman–Crippen MR) is 98.3 cm³/mol. The van der Waals surface area contributed by atoms with Gasteiger partial charge in [0.15, 0.2) is 0 Å². The van der Waals surface area contributed by atoms with Crippen LogP contribution < -0.4 is 11.1 Å². The van der Waals surface area contributed by atoms with Gasteiger partial charge in [0.2, 0.25) is 0 Å². The molecule has 116 valence electrons. The summed E-state index contributed by atoms with van der Waals surface area (Å²) in [6.07, 6.45) is 0. The molecule has 0 bridgehead atoms. The second-order valence-corrected chi connectivity index (χ2v) is 5.90. The van der Waals surface area contributed by atoms with E-state index >= 15 is 0 Å². The van der Waals surface area contributed by atoms with Crippen LogP contribution in [-0.2, 0) is 0 Å². The number of rotatable bonds is 1. The van der Waals surface area contributed by atoms with Crippen LogP contribution in [0, 0.1) is 0 Å². The predicted octanol–water partition coefficient (Wildman–Crippen LogP) is 4.16. The molecule has 0 aliphatic rings.